The quantitative estimate of drug-likeness (QED) is 0.699. The van der Waals surface area contributed by atoms with Gasteiger partial charge < -0.3 is 10.2 Å². The van der Waals surface area contributed by atoms with Crippen LogP contribution in [-0.2, 0) is 22.4 Å². The second-order valence-corrected chi connectivity index (χ2v) is 6.38. The number of hydrogen-bond acceptors (Lipinski definition) is 2. The van der Waals surface area contributed by atoms with E-state index in [1.54, 1.807) is 4.90 Å². The fraction of sp³-hybridized carbons (Fsp3) is 0.364. The highest BCUT2D eigenvalue weighted by molar-refractivity contribution is 5.92. The molecule has 0 saturated carbocycles. The van der Waals surface area contributed by atoms with Crippen molar-refractivity contribution in [3.63, 3.8) is 0 Å². The highest BCUT2D eigenvalue weighted by Gasteiger charge is 2.13. The lowest BCUT2D eigenvalue weighted by atomic mass is 10.1. The molecule has 0 bridgehead atoms. The van der Waals surface area contributed by atoms with E-state index in [9.17, 15) is 9.59 Å². The maximum atomic E-state index is 12.1. The first-order valence-corrected chi connectivity index (χ1v) is 9.28. The fourth-order valence-electron chi connectivity index (χ4n) is 2.85. The predicted octanol–water partition coefficient (Wildman–Crippen LogP) is 3.74. The predicted molar refractivity (Wildman–Crippen MR) is 106 cm³/mol. The van der Waals surface area contributed by atoms with Crippen molar-refractivity contribution in [2.45, 2.75) is 39.5 Å². The van der Waals surface area contributed by atoms with E-state index < -0.39 is 0 Å². The number of benzene rings is 2. The topological polar surface area (TPSA) is 49.4 Å². The second kappa shape index (κ2) is 10.4. The summed E-state index contributed by atoms with van der Waals surface area (Å²) in [5.74, 6) is -0.0689. The Bertz CT molecular complexity index is 696. The first-order chi connectivity index (χ1) is 12.6. The maximum Gasteiger partial charge on any atom is 0.223 e. The smallest absolute Gasteiger partial charge is 0.223 e. The van der Waals surface area contributed by atoms with Crippen molar-refractivity contribution in [2.75, 3.05) is 18.0 Å². The first kappa shape index (κ1) is 19.7. The van der Waals surface area contributed by atoms with Crippen LogP contribution in [0.4, 0.5) is 5.69 Å². The Kier molecular flexibility index (Phi) is 7.87. The molecule has 4 nitrogen and oxygen atoms in total. The lowest BCUT2D eigenvalue weighted by Gasteiger charge is -2.21. The van der Waals surface area contributed by atoms with E-state index in [1.165, 1.54) is 18.1 Å². The summed E-state index contributed by atoms with van der Waals surface area (Å²) in [5, 5.41) is 2.94. The Morgan fingerprint density at radius 3 is 2.27 bits per heavy atom. The number of amides is 2. The van der Waals surface area contributed by atoms with Gasteiger partial charge >= 0.3 is 0 Å². The van der Waals surface area contributed by atoms with Crippen LogP contribution in [-0.4, -0.2) is 24.9 Å². The van der Waals surface area contributed by atoms with Crippen molar-refractivity contribution < 1.29 is 9.59 Å². The fourth-order valence-corrected chi connectivity index (χ4v) is 2.85. The van der Waals surface area contributed by atoms with Crippen LogP contribution in [0.5, 0.6) is 0 Å². The molecule has 0 fully saturated rings. The molecular formula is C22H28N2O2. The van der Waals surface area contributed by atoms with Crippen LogP contribution in [0.25, 0.3) is 0 Å². The lowest BCUT2D eigenvalue weighted by molar-refractivity contribution is -0.121. The van der Waals surface area contributed by atoms with Gasteiger partial charge in [-0.1, -0.05) is 49.4 Å². The first-order valence-electron chi connectivity index (χ1n) is 9.28. The van der Waals surface area contributed by atoms with Crippen molar-refractivity contribution in [3.05, 3.63) is 65.7 Å². The molecule has 138 valence electrons. The number of carbonyl (C=O) groups excluding carboxylic acids is 2. The molecule has 2 aromatic rings. The van der Waals surface area contributed by atoms with E-state index in [-0.39, 0.29) is 11.8 Å². The molecule has 0 unspecified atom stereocenters. The van der Waals surface area contributed by atoms with Gasteiger partial charge in [0, 0.05) is 32.1 Å². The molecule has 2 rings (SSSR count). The van der Waals surface area contributed by atoms with E-state index in [1.807, 2.05) is 42.5 Å². The summed E-state index contributed by atoms with van der Waals surface area (Å²) >= 11 is 0. The number of hydrogen-bond donors (Lipinski definition) is 1. The van der Waals surface area contributed by atoms with Crippen LogP contribution < -0.4 is 10.2 Å². The summed E-state index contributed by atoms with van der Waals surface area (Å²) < 4.78 is 0. The Morgan fingerprint density at radius 1 is 0.962 bits per heavy atom. The van der Waals surface area contributed by atoms with Crippen molar-refractivity contribution in [1.29, 1.82) is 0 Å². The molecule has 26 heavy (non-hydrogen) atoms. The molecule has 0 atom stereocenters. The molecule has 0 saturated heterocycles. The standard InChI is InChI=1S/C22H28N2O2/c1-3-19-11-13-21(14-12-19)24(18(2)25)17-15-22(26)23-16-7-10-20-8-5-4-6-9-20/h4-6,8-9,11-14H,3,7,10,15-17H2,1-2H3,(H,23,26). The van der Waals surface area contributed by atoms with Gasteiger partial charge in [0.05, 0.1) is 0 Å². The van der Waals surface area contributed by atoms with Crippen LogP contribution in [0.15, 0.2) is 54.6 Å². The van der Waals surface area contributed by atoms with Crippen molar-refractivity contribution in [1.82, 2.24) is 5.32 Å². The molecular weight excluding hydrogens is 324 g/mol. The average Bonchev–Trinajstić information content (AvgIpc) is 2.66. The highest BCUT2D eigenvalue weighted by Crippen LogP contribution is 2.16. The van der Waals surface area contributed by atoms with Crippen molar-refractivity contribution >= 4 is 17.5 Å². The van der Waals surface area contributed by atoms with Crippen LogP contribution >= 0.6 is 0 Å². The zero-order chi connectivity index (χ0) is 18.8. The SMILES string of the molecule is CCc1ccc(N(CCC(=O)NCCCc2ccccc2)C(C)=O)cc1. The van der Waals surface area contributed by atoms with E-state index in [2.05, 4.69) is 24.4 Å². The zero-order valence-corrected chi connectivity index (χ0v) is 15.7. The second-order valence-electron chi connectivity index (χ2n) is 6.38. The van der Waals surface area contributed by atoms with E-state index >= 15 is 0 Å². The van der Waals surface area contributed by atoms with Crippen LogP contribution in [0, 0.1) is 0 Å². The molecule has 0 aliphatic heterocycles. The third-order valence-corrected chi connectivity index (χ3v) is 4.41. The highest BCUT2D eigenvalue weighted by atomic mass is 16.2. The number of anilines is 1. The molecule has 0 radical (unpaired) electrons. The summed E-state index contributed by atoms with van der Waals surface area (Å²) in [5.41, 5.74) is 3.35. The minimum Gasteiger partial charge on any atom is -0.356 e. The molecule has 0 aliphatic carbocycles. The number of carbonyl (C=O) groups is 2. The summed E-state index contributed by atoms with van der Waals surface area (Å²) in [6, 6.07) is 18.2. The normalized spacial score (nSPS) is 10.4. The molecule has 4 heteroatoms. The van der Waals surface area contributed by atoms with Gasteiger partial charge in [0.1, 0.15) is 0 Å². The van der Waals surface area contributed by atoms with Crippen molar-refractivity contribution in [3.8, 4) is 0 Å². The van der Waals surface area contributed by atoms with Gasteiger partial charge in [0.25, 0.3) is 0 Å². The van der Waals surface area contributed by atoms with Gasteiger partial charge in [0.15, 0.2) is 0 Å². The average molecular weight is 352 g/mol. The Morgan fingerprint density at radius 2 is 1.65 bits per heavy atom. The van der Waals surface area contributed by atoms with Gasteiger partial charge in [-0.2, -0.15) is 0 Å². The van der Waals surface area contributed by atoms with Gasteiger partial charge in [-0.05, 0) is 42.5 Å². The molecule has 1 N–H and O–H groups in total. The van der Waals surface area contributed by atoms with Gasteiger partial charge in [-0.25, -0.2) is 0 Å². The van der Waals surface area contributed by atoms with Gasteiger partial charge in [0.2, 0.25) is 11.8 Å². The van der Waals surface area contributed by atoms with E-state index in [0.29, 0.717) is 19.5 Å². The molecule has 0 aliphatic rings. The van der Waals surface area contributed by atoms with Crippen LogP contribution in [0.2, 0.25) is 0 Å². The number of nitrogens with zero attached hydrogens (tertiary/aromatic N) is 1. The van der Waals surface area contributed by atoms with Crippen molar-refractivity contribution in [2.24, 2.45) is 0 Å². The Balaban J connectivity index is 1.75. The molecule has 2 aromatic carbocycles. The Labute approximate surface area is 156 Å². The largest absolute Gasteiger partial charge is 0.356 e. The number of aryl methyl sites for hydroxylation is 2. The lowest BCUT2D eigenvalue weighted by Crippen LogP contribution is -2.34. The molecule has 0 spiro atoms. The summed E-state index contributed by atoms with van der Waals surface area (Å²) in [4.78, 5) is 25.6. The zero-order valence-electron chi connectivity index (χ0n) is 15.7. The molecule has 0 heterocycles. The van der Waals surface area contributed by atoms with Crippen LogP contribution in [0.3, 0.4) is 0 Å². The molecule has 2 amide bonds. The maximum absolute atomic E-state index is 12.1. The van der Waals surface area contributed by atoms with Gasteiger partial charge in [-0.3, -0.25) is 9.59 Å². The third-order valence-electron chi connectivity index (χ3n) is 4.41. The number of nitrogens with one attached hydrogen (secondary N) is 1. The minimum atomic E-state index is -0.0499. The monoisotopic (exact) mass is 352 g/mol. The number of rotatable bonds is 9. The third kappa shape index (κ3) is 6.36. The van der Waals surface area contributed by atoms with E-state index in [0.717, 1.165) is 24.9 Å². The van der Waals surface area contributed by atoms with E-state index in [4.69, 9.17) is 0 Å². The minimum absolute atomic E-state index is 0.0190. The van der Waals surface area contributed by atoms with Crippen LogP contribution in [0.1, 0.15) is 37.8 Å². The summed E-state index contributed by atoms with van der Waals surface area (Å²) in [6.07, 6.45) is 3.13. The molecule has 0 aromatic heterocycles. The summed E-state index contributed by atoms with van der Waals surface area (Å²) in [7, 11) is 0. The van der Waals surface area contributed by atoms with Gasteiger partial charge in [-0.15, -0.1) is 0 Å². The Hall–Kier alpha value is -2.62. The summed E-state index contributed by atoms with van der Waals surface area (Å²) in [6.45, 7) is 4.68.